The van der Waals surface area contributed by atoms with Crippen molar-refractivity contribution < 1.29 is 4.74 Å². The maximum Gasteiger partial charge on any atom is 0.332 e. The lowest BCUT2D eigenvalue weighted by Gasteiger charge is -2.19. The molecule has 8 nitrogen and oxygen atoms in total. The minimum atomic E-state index is -0.669. The van der Waals surface area contributed by atoms with Crippen molar-refractivity contribution in [2.45, 2.75) is 32.5 Å². The fourth-order valence-electron chi connectivity index (χ4n) is 2.29. The molecule has 2 aromatic heterocycles. The molecule has 2 heterocycles. The Balaban J connectivity index is 2.83. The molecule has 0 radical (unpaired) electrons. The van der Waals surface area contributed by atoms with Gasteiger partial charge >= 0.3 is 5.69 Å². The van der Waals surface area contributed by atoms with E-state index in [1.54, 1.807) is 39.6 Å². The first-order chi connectivity index (χ1) is 9.67. The molecule has 0 bridgehead atoms. The number of rotatable bonds is 4. The number of nitrogens with zero attached hydrogens (tertiary/aromatic N) is 4. The fraction of sp³-hybridized carbons (Fsp3) is 0.615. The molecular formula is C13H21N5O3. The van der Waals surface area contributed by atoms with E-state index in [-0.39, 0.29) is 18.7 Å². The lowest BCUT2D eigenvalue weighted by Crippen LogP contribution is -2.47. The molecule has 0 saturated heterocycles. The Morgan fingerprint density at radius 2 is 1.86 bits per heavy atom. The van der Waals surface area contributed by atoms with Crippen LogP contribution < -0.4 is 17.0 Å². The third-order valence-corrected chi connectivity index (χ3v) is 3.29. The van der Waals surface area contributed by atoms with Crippen LogP contribution in [0.25, 0.3) is 11.2 Å². The van der Waals surface area contributed by atoms with E-state index in [9.17, 15) is 9.59 Å². The van der Waals surface area contributed by atoms with Gasteiger partial charge in [-0.2, -0.15) is 0 Å². The Kier molecular flexibility index (Phi) is 3.77. The number of hydrogen-bond donors (Lipinski definition) is 1. The number of methoxy groups -OCH3 is 1. The predicted octanol–water partition coefficient (Wildman–Crippen LogP) is -0.683. The van der Waals surface area contributed by atoms with E-state index >= 15 is 0 Å². The van der Waals surface area contributed by atoms with Crippen molar-refractivity contribution in [1.82, 2.24) is 18.7 Å². The molecule has 0 fully saturated rings. The predicted molar refractivity (Wildman–Crippen MR) is 79.2 cm³/mol. The van der Waals surface area contributed by atoms with Crippen molar-refractivity contribution in [1.29, 1.82) is 0 Å². The summed E-state index contributed by atoms with van der Waals surface area (Å²) >= 11 is 0. The van der Waals surface area contributed by atoms with Gasteiger partial charge in [-0.1, -0.05) is 0 Å². The Morgan fingerprint density at radius 1 is 1.24 bits per heavy atom. The van der Waals surface area contributed by atoms with Gasteiger partial charge < -0.3 is 15.0 Å². The normalized spacial score (nSPS) is 12.3. The van der Waals surface area contributed by atoms with Gasteiger partial charge in [-0.25, -0.2) is 9.78 Å². The minimum absolute atomic E-state index is 0.138. The maximum atomic E-state index is 12.6. The zero-order valence-electron chi connectivity index (χ0n) is 13.0. The van der Waals surface area contributed by atoms with E-state index in [0.717, 1.165) is 4.57 Å². The van der Waals surface area contributed by atoms with Crippen LogP contribution in [-0.4, -0.2) is 31.3 Å². The van der Waals surface area contributed by atoms with Crippen LogP contribution in [-0.2, 0) is 32.0 Å². The Bertz CT molecular complexity index is 791. The van der Waals surface area contributed by atoms with Gasteiger partial charge in [0.2, 0.25) is 0 Å². The van der Waals surface area contributed by atoms with Gasteiger partial charge in [-0.05, 0) is 13.8 Å². The third-order valence-electron chi connectivity index (χ3n) is 3.29. The van der Waals surface area contributed by atoms with E-state index in [2.05, 4.69) is 4.98 Å². The van der Waals surface area contributed by atoms with Crippen molar-refractivity contribution in [3.8, 4) is 0 Å². The standard InChI is InChI=1S/C13H21N5O3/c1-13(2,14)7-18-11(19)9-10(17(4)12(18)20)15-8(6-21-5)16(9)3/h6-7,14H2,1-5H3. The maximum absolute atomic E-state index is 12.6. The van der Waals surface area contributed by atoms with Gasteiger partial charge in [0, 0.05) is 33.3 Å². The summed E-state index contributed by atoms with van der Waals surface area (Å²) in [5, 5.41) is 0. The lowest BCUT2D eigenvalue weighted by molar-refractivity contribution is 0.175. The van der Waals surface area contributed by atoms with Crippen molar-refractivity contribution >= 4 is 11.2 Å². The fourth-order valence-corrected chi connectivity index (χ4v) is 2.29. The number of hydrogen-bond acceptors (Lipinski definition) is 5. The molecule has 0 spiro atoms. The highest BCUT2D eigenvalue weighted by Crippen LogP contribution is 2.10. The van der Waals surface area contributed by atoms with Crippen molar-refractivity contribution in [3.63, 3.8) is 0 Å². The summed E-state index contributed by atoms with van der Waals surface area (Å²) in [7, 11) is 4.87. The van der Waals surface area contributed by atoms with Crippen LogP contribution >= 0.6 is 0 Å². The first-order valence-electron chi connectivity index (χ1n) is 6.60. The van der Waals surface area contributed by atoms with Crippen LogP contribution in [0.1, 0.15) is 19.7 Å². The van der Waals surface area contributed by atoms with E-state index < -0.39 is 11.2 Å². The van der Waals surface area contributed by atoms with E-state index in [1.165, 1.54) is 4.57 Å². The Labute approximate surface area is 121 Å². The number of imidazole rings is 1. The second kappa shape index (κ2) is 5.12. The highest BCUT2D eigenvalue weighted by molar-refractivity contribution is 5.70. The highest BCUT2D eigenvalue weighted by Gasteiger charge is 2.21. The minimum Gasteiger partial charge on any atom is -0.377 e. The summed E-state index contributed by atoms with van der Waals surface area (Å²) < 4.78 is 9.23. The molecule has 0 aliphatic rings. The summed E-state index contributed by atoms with van der Waals surface area (Å²) in [6.45, 7) is 3.94. The second-order valence-electron chi connectivity index (χ2n) is 5.91. The first-order valence-corrected chi connectivity index (χ1v) is 6.60. The number of aromatic nitrogens is 4. The zero-order chi connectivity index (χ0) is 15.9. The van der Waals surface area contributed by atoms with Gasteiger partial charge in [-0.15, -0.1) is 0 Å². The quantitative estimate of drug-likeness (QED) is 0.806. The summed E-state index contributed by atoms with van der Waals surface area (Å²) in [6, 6.07) is 0. The average Bonchev–Trinajstić information content (AvgIpc) is 2.69. The van der Waals surface area contributed by atoms with E-state index in [0.29, 0.717) is 17.0 Å². The van der Waals surface area contributed by atoms with Crippen LogP contribution in [0.5, 0.6) is 0 Å². The van der Waals surface area contributed by atoms with E-state index in [4.69, 9.17) is 10.5 Å². The molecule has 116 valence electrons. The molecule has 0 aromatic carbocycles. The van der Waals surface area contributed by atoms with Gasteiger partial charge in [0.05, 0.1) is 0 Å². The molecule has 8 heteroatoms. The molecular weight excluding hydrogens is 274 g/mol. The molecule has 2 rings (SSSR count). The number of nitrogens with two attached hydrogens (primary N) is 1. The van der Waals surface area contributed by atoms with Crippen molar-refractivity contribution in [3.05, 3.63) is 26.7 Å². The number of fused-ring (bicyclic) bond motifs is 1. The van der Waals surface area contributed by atoms with Crippen LogP contribution in [0.4, 0.5) is 0 Å². The molecule has 0 aliphatic carbocycles. The third kappa shape index (κ3) is 2.64. The Hall–Kier alpha value is -1.93. The number of aryl methyl sites for hydroxylation is 2. The zero-order valence-corrected chi connectivity index (χ0v) is 13.0. The van der Waals surface area contributed by atoms with Gasteiger partial charge in [0.25, 0.3) is 5.56 Å². The molecule has 0 atom stereocenters. The summed E-state index contributed by atoms with van der Waals surface area (Å²) in [6.07, 6.45) is 0. The molecule has 0 saturated carbocycles. The van der Waals surface area contributed by atoms with Crippen molar-refractivity contribution in [2.75, 3.05) is 7.11 Å². The first kappa shape index (κ1) is 15.5. The van der Waals surface area contributed by atoms with Crippen LogP contribution in [0.2, 0.25) is 0 Å². The molecule has 0 aliphatic heterocycles. The molecule has 2 N–H and O–H groups in total. The van der Waals surface area contributed by atoms with Crippen molar-refractivity contribution in [2.24, 2.45) is 19.8 Å². The van der Waals surface area contributed by atoms with Crippen LogP contribution in [0.15, 0.2) is 9.59 Å². The molecule has 0 amide bonds. The highest BCUT2D eigenvalue weighted by atomic mass is 16.5. The van der Waals surface area contributed by atoms with E-state index in [1.807, 2.05) is 0 Å². The Morgan fingerprint density at radius 3 is 2.38 bits per heavy atom. The number of ether oxygens (including phenoxy) is 1. The molecule has 2 aromatic rings. The smallest absolute Gasteiger partial charge is 0.332 e. The second-order valence-corrected chi connectivity index (χ2v) is 5.91. The average molecular weight is 295 g/mol. The summed E-state index contributed by atoms with van der Waals surface area (Å²) in [5.74, 6) is 0.587. The van der Waals surface area contributed by atoms with Gasteiger partial charge in [-0.3, -0.25) is 13.9 Å². The topological polar surface area (TPSA) is 97.1 Å². The van der Waals surface area contributed by atoms with Gasteiger partial charge in [0.1, 0.15) is 12.4 Å². The molecule has 21 heavy (non-hydrogen) atoms. The van der Waals surface area contributed by atoms with Crippen LogP contribution in [0, 0.1) is 0 Å². The van der Waals surface area contributed by atoms with Crippen LogP contribution in [0.3, 0.4) is 0 Å². The monoisotopic (exact) mass is 295 g/mol. The molecule has 0 unspecified atom stereocenters. The van der Waals surface area contributed by atoms with Gasteiger partial charge in [0.15, 0.2) is 11.2 Å². The lowest BCUT2D eigenvalue weighted by atomic mass is 10.1. The summed E-state index contributed by atoms with van der Waals surface area (Å²) in [5.41, 5.74) is 5.18. The SMILES string of the molecule is COCc1nc2c(c(=O)n(CC(C)(C)N)c(=O)n2C)n1C. The summed E-state index contributed by atoms with van der Waals surface area (Å²) in [4.78, 5) is 29.3. The largest absolute Gasteiger partial charge is 0.377 e.